The van der Waals surface area contributed by atoms with Crippen LogP contribution in [-0.4, -0.2) is 58.9 Å². The van der Waals surface area contributed by atoms with E-state index in [1.54, 1.807) is 11.0 Å². The van der Waals surface area contributed by atoms with Crippen LogP contribution in [0, 0.1) is 6.92 Å². The van der Waals surface area contributed by atoms with Crippen LogP contribution in [0.3, 0.4) is 0 Å². The van der Waals surface area contributed by atoms with Crippen molar-refractivity contribution in [1.82, 2.24) is 14.4 Å². The number of hydrogen-bond acceptors (Lipinski definition) is 5. The number of nitrogens with zero attached hydrogens (tertiary/aromatic N) is 3. The molecular weight excluding hydrogens is 324 g/mol. The minimum atomic E-state index is -0.474. The van der Waals surface area contributed by atoms with Gasteiger partial charge in [0.15, 0.2) is 5.58 Å². The van der Waals surface area contributed by atoms with E-state index in [1.165, 1.54) is 4.57 Å². The summed E-state index contributed by atoms with van der Waals surface area (Å²) < 4.78 is 6.68. The minimum absolute atomic E-state index is 0.103. The quantitative estimate of drug-likeness (QED) is 0.834. The Morgan fingerprint density at radius 1 is 1.32 bits per heavy atom. The molecule has 3 rings (SSSR count). The number of rotatable bonds is 4. The lowest BCUT2D eigenvalue weighted by Gasteiger charge is -2.37. The maximum absolute atomic E-state index is 12.5. The lowest BCUT2D eigenvalue weighted by Crippen LogP contribution is -2.58. The molecule has 2 N–H and O–H groups in total. The van der Waals surface area contributed by atoms with Crippen LogP contribution in [0.4, 0.5) is 0 Å². The fourth-order valence-corrected chi connectivity index (χ4v) is 3.16. The first kappa shape index (κ1) is 17.2. The highest BCUT2D eigenvalue weighted by Gasteiger charge is 2.30. The maximum Gasteiger partial charge on any atom is 0.419 e. The van der Waals surface area contributed by atoms with Gasteiger partial charge in [0, 0.05) is 32.6 Å². The summed E-state index contributed by atoms with van der Waals surface area (Å²) in [6.45, 7) is 3.58. The number of aromatic nitrogens is 1. The summed E-state index contributed by atoms with van der Waals surface area (Å²) in [6.07, 6.45) is 0.164. The molecule has 1 atom stereocenters. The smallest absolute Gasteiger partial charge is 0.408 e. The van der Waals surface area contributed by atoms with E-state index in [9.17, 15) is 14.4 Å². The van der Waals surface area contributed by atoms with Crippen molar-refractivity contribution in [2.24, 2.45) is 5.73 Å². The van der Waals surface area contributed by atoms with Crippen molar-refractivity contribution in [2.75, 3.05) is 26.7 Å². The number of nitrogens with two attached hydrogens (primary N) is 1. The number of primary amides is 1. The zero-order chi connectivity index (χ0) is 18.1. The van der Waals surface area contributed by atoms with Crippen molar-refractivity contribution in [2.45, 2.75) is 25.9 Å². The van der Waals surface area contributed by atoms with Gasteiger partial charge in [-0.2, -0.15) is 0 Å². The van der Waals surface area contributed by atoms with Crippen molar-refractivity contribution >= 4 is 22.9 Å². The van der Waals surface area contributed by atoms with Crippen LogP contribution in [0.2, 0.25) is 0 Å². The second kappa shape index (κ2) is 6.72. The molecule has 0 bridgehead atoms. The third-order valence-electron chi connectivity index (χ3n) is 4.70. The monoisotopic (exact) mass is 346 g/mol. The van der Waals surface area contributed by atoms with Gasteiger partial charge in [0.25, 0.3) is 0 Å². The van der Waals surface area contributed by atoms with Crippen LogP contribution < -0.4 is 11.5 Å². The number of carbonyl (C=O) groups is 2. The summed E-state index contributed by atoms with van der Waals surface area (Å²) in [5.74, 6) is -1.01. The van der Waals surface area contributed by atoms with E-state index in [-0.39, 0.29) is 25.4 Å². The van der Waals surface area contributed by atoms with Crippen LogP contribution in [0.1, 0.15) is 12.0 Å². The molecule has 2 heterocycles. The summed E-state index contributed by atoms with van der Waals surface area (Å²) in [6, 6.07) is 5.01. The van der Waals surface area contributed by atoms with Crippen LogP contribution in [0.5, 0.6) is 0 Å². The van der Waals surface area contributed by atoms with E-state index in [2.05, 4.69) is 0 Å². The average Bonchev–Trinajstić information content (AvgIpc) is 2.87. The molecule has 134 valence electrons. The highest BCUT2D eigenvalue weighted by atomic mass is 16.4. The Hall–Kier alpha value is -2.61. The molecule has 25 heavy (non-hydrogen) atoms. The summed E-state index contributed by atoms with van der Waals surface area (Å²) in [4.78, 5) is 39.5. The van der Waals surface area contributed by atoms with E-state index in [1.807, 2.05) is 31.0 Å². The number of likely N-dealkylation sites (N-methyl/N-ethyl adjacent to an activating group) is 1. The van der Waals surface area contributed by atoms with Crippen molar-refractivity contribution in [3.05, 3.63) is 34.3 Å². The van der Waals surface area contributed by atoms with Crippen molar-refractivity contribution < 1.29 is 14.0 Å². The minimum Gasteiger partial charge on any atom is -0.408 e. The Balaban J connectivity index is 1.71. The van der Waals surface area contributed by atoms with Crippen LogP contribution in [0.25, 0.3) is 11.1 Å². The van der Waals surface area contributed by atoms with E-state index in [4.69, 9.17) is 10.2 Å². The zero-order valence-corrected chi connectivity index (χ0v) is 14.4. The van der Waals surface area contributed by atoms with Crippen LogP contribution in [-0.2, 0) is 16.1 Å². The largest absolute Gasteiger partial charge is 0.419 e. The number of benzene rings is 1. The number of hydrogen-bond donors (Lipinski definition) is 1. The Morgan fingerprint density at radius 2 is 2.08 bits per heavy atom. The number of fused-ring (bicyclic) bond motifs is 1. The van der Waals surface area contributed by atoms with Crippen LogP contribution >= 0.6 is 0 Å². The first-order chi connectivity index (χ1) is 11.9. The highest BCUT2D eigenvalue weighted by Crippen LogP contribution is 2.16. The van der Waals surface area contributed by atoms with E-state index < -0.39 is 17.7 Å². The molecule has 1 aromatic heterocycles. The van der Waals surface area contributed by atoms with E-state index >= 15 is 0 Å². The first-order valence-corrected chi connectivity index (χ1v) is 8.24. The van der Waals surface area contributed by atoms with Gasteiger partial charge in [-0.15, -0.1) is 0 Å². The van der Waals surface area contributed by atoms with Crippen LogP contribution in [0.15, 0.2) is 27.4 Å². The molecule has 1 aromatic carbocycles. The molecule has 1 saturated heterocycles. The standard InChI is InChI=1S/C17H22N4O4/c1-11-3-4-14-12(9-11)21(17(24)25-14)6-5-15(22)20-8-7-19(2)13(10-20)16(18)23/h3-4,9,13H,5-8,10H2,1-2H3,(H2,18,23). The first-order valence-electron chi connectivity index (χ1n) is 8.24. The van der Waals surface area contributed by atoms with Gasteiger partial charge in [0.05, 0.1) is 5.52 Å². The second-order valence-electron chi connectivity index (χ2n) is 6.48. The van der Waals surface area contributed by atoms with Gasteiger partial charge in [0.2, 0.25) is 11.8 Å². The van der Waals surface area contributed by atoms with E-state index in [0.29, 0.717) is 24.2 Å². The fourth-order valence-electron chi connectivity index (χ4n) is 3.16. The summed E-state index contributed by atoms with van der Waals surface area (Å²) in [5, 5.41) is 0. The third-order valence-corrected chi connectivity index (χ3v) is 4.70. The number of carbonyl (C=O) groups excluding carboxylic acids is 2. The molecule has 8 heteroatoms. The molecule has 0 radical (unpaired) electrons. The third kappa shape index (κ3) is 3.43. The maximum atomic E-state index is 12.5. The summed E-state index contributed by atoms with van der Waals surface area (Å²) in [5.41, 5.74) is 7.60. The molecule has 1 fully saturated rings. The lowest BCUT2D eigenvalue weighted by atomic mass is 10.1. The lowest BCUT2D eigenvalue weighted by molar-refractivity contribution is -0.136. The van der Waals surface area contributed by atoms with E-state index in [0.717, 1.165) is 5.56 Å². The van der Waals surface area contributed by atoms with Gasteiger partial charge in [-0.25, -0.2) is 4.79 Å². The van der Waals surface area contributed by atoms with Gasteiger partial charge in [-0.3, -0.25) is 19.1 Å². The van der Waals surface area contributed by atoms with Gasteiger partial charge < -0.3 is 15.1 Å². The predicted molar refractivity (Wildman–Crippen MR) is 92.0 cm³/mol. The molecule has 0 spiro atoms. The number of amides is 2. The summed E-state index contributed by atoms with van der Waals surface area (Å²) >= 11 is 0. The molecule has 0 saturated carbocycles. The van der Waals surface area contributed by atoms with Crippen molar-refractivity contribution in [3.8, 4) is 0 Å². The number of piperazine rings is 1. The van der Waals surface area contributed by atoms with Gasteiger partial charge in [0.1, 0.15) is 6.04 Å². The van der Waals surface area contributed by atoms with Crippen molar-refractivity contribution in [3.63, 3.8) is 0 Å². The highest BCUT2D eigenvalue weighted by molar-refractivity contribution is 5.82. The molecule has 1 unspecified atom stereocenters. The Bertz CT molecular complexity index is 869. The van der Waals surface area contributed by atoms with Gasteiger partial charge >= 0.3 is 5.76 Å². The molecule has 8 nitrogen and oxygen atoms in total. The molecule has 1 aliphatic heterocycles. The molecule has 1 aliphatic rings. The molecular formula is C17H22N4O4. The Labute approximate surface area is 144 Å². The topological polar surface area (TPSA) is 102 Å². The zero-order valence-electron chi connectivity index (χ0n) is 14.4. The predicted octanol–water partition coefficient (Wildman–Crippen LogP) is -0.0791. The average molecular weight is 346 g/mol. The van der Waals surface area contributed by atoms with Gasteiger partial charge in [-0.05, 0) is 31.7 Å². The van der Waals surface area contributed by atoms with Crippen molar-refractivity contribution in [1.29, 1.82) is 0 Å². The van der Waals surface area contributed by atoms with Gasteiger partial charge in [-0.1, -0.05) is 6.07 Å². The normalized spacial score (nSPS) is 18.6. The molecule has 2 aromatic rings. The number of oxazole rings is 1. The summed E-state index contributed by atoms with van der Waals surface area (Å²) in [7, 11) is 1.82. The SMILES string of the molecule is Cc1ccc2oc(=O)n(CCC(=O)N3CCN(C)C(C(N)=O)C3)c2c1. The Kier molecular flexibility index (Phi) is 4.63. The number of aryl methyl sites for hydroxylation is 2. The molecule has 2 amide bonds. The second-order valence-corrected chi connectivity index (χ2v) is 6.48. The molecule has 0 aliphatic carbocycles. The Morgan fingerprint density at radius 3 is 2.80 bits per heavy atom. The fraction of sp³-hybridized carbons (Fsp3) is 0.471.